The Morgan fingerprint density at radius 3 is 1.53 bits per heavy atom. The third kappa shape index (κ3) is 32.3. The number of fused-ring (bicyclic) bond motifs is 3. The molecule has 790 valence electrons. The lowest BCUT2D eigenvalue weighted by Crippen LogP contribution is -2.61. The van der Waals surface area contributed by atoms with Gasteiger partial charge in [0.15, 0.2) is 0 Å². The summed E-state index contributed by atoms with van der Waals surface area (Å²) in [4.78, 5) is 248. The predicted molar refractivity (Wildman–Crippen MR) is 544 cm³/mol. The van der Waals surface area contributed by atoms with Crippen LogP contribution in [0.25, 0.3) is 32.6 Å². The molecule has 0 aliphatic carbocycles. The van der Waals surface area contributed by atoms with Crippen molar-refractivity contribution in [1.29, 1.82) is 0 Å². The maximum atomic E-state index is 15.1. The van der Waals surface area contributed by atoms with Gasteiger partial charge in [-0.25, -0.2) is 18.1 Å². The molecule has 44 nitrogen and oxygen atoms in total. The summed E-state index contributed by atoms with van der Waals surface area (Å²) in [5.41, 5.74) is 28.2. The van der Waals surface area contributed by atoms with E-state index in [2.05, 4.69) is 88.5 Å². The van der Waals surface area contributed by atoms with Gasteiger partial charge in [0.1, 0.15) is 78.3 Å². The number of carbonyl (C=O) groups excluding carboxylic acids is 16. The zero-order valence-corrected chi connectivity index (χ0v) is 84.4. The number of H-pyrrole nitrogens is 3. The first-order valence-corrected chi connectivity index (χ1v) is 51.0. The molecule has 26 N–H and O–H groups in total. The van der Waals surface area contributed by atoms with E-state index in [1.807, 2.05) is 67.5 Å². The van der Waals surface area contributed by atoms with Crippen molar-refractivity contribution in [2.24, 2.45) is 40.7 Å². The van der Waals surface area contributed by atoms with Crippen molar-refractivity contribution in [3.8, 4) is 5.75 Å². The van der Waals surface area contributed by atoms with Gasteiger partial charge in [0, 0.05) is 136 Å². The monoisotopic (exact) mass is 2040 g/mol. The number of amides is 16. The number of sulfonamides is 1. The van der Waals surface area contributed by atoms with Crippen molar-refractivity contribution in [1.82, 2.24) is 98.3 Å². The van der Waals surface area contributed by atoms with Crippen LogP contribution in [0.1, 0.15) is 160 Å². The topological polar surface area (TPSA) is 678 Å². The highest BCUT2D eigenvalue weighted by atomic mass is 32.2. The van der Waals surface area contributed by atoms with Gasteiger partial charge in [-0.2, -0.15) is 0 Å². The molecule has 2 saturated heterocycles. The summed E-state index contributed by atoms with van der Waals surface area (Å²) in [5, 5.41) is 55.4. The van der Waals surface area contributed by atoms with Crippen molar-refractivity contribution in [2.75, 3.05) is 64.9 Å². The Kier molecular flexibility index (Phi) is 42.4. The van der Waals surface area contributed by atoms with E-state index in [-0.39, 0.29) is 152 Å². The van der Waals surface area contributed by atoms with E-state index in [9.17, 15) is 85.8 Å². The van der Waals surface area contributed by atoms with Crippen molar-refractivity contribution in [3.63, 3.8) is 0 Å². The van der Waals surface area contributed by atoms with Gasteiger partial charge in [-0.1, -0.05) is 121 Å². The third-order valence-corrected chi connectivity index (χ3v) is 27.5. The number of hydrogen-bond donors (Lipinski definition) is 22. The van der Waals surface area contributed by atoms with Crippen LogP contribution < -0.4 is 96.4 Å². The summed E-state index contributed by atoms with van der Waals surface area (Å²) in [6, 6.07) is 12.5. The molecule has 3 aromatic heterocycles. The quantitative estimate of drug-likeness (QED) is 0.0225. The molecule has 2 fully saturated rings. The maximum absolute atomic E-state index is 15.1. The highest BCUT2D eigenvalue weighted by Crippen LogP contribution is 2.32. The van der Waals surface area contributed by atoms with Gasteiger partial charge in [-0.15, -0.1) is 0 Å². The van der Waals surface area contributed by atoms with Crippen LogP contribution in [-0.4, -0.2) is 281 Å². The number of hydrogen-bond acceptors (Lipinski definition) is 24. The number of anilines is 1. The number of aliphatic hydroxyl groups is 1. The van der Waals surface area contributed by atoms with Crippen LogP contribution in [0.5, 0.6) is 5.75 Å². The molecule has 14 atom stereocenters. The molecular weight excluding hydrogens is 1900 g/mol. The Labute approximate surface area is 846 Å². The zero-order valence-electron chi connectivity index (χ0n) is 83.6. The second-order valence-electron chi connectivity index (χ2n) is 38.2. The number of nitrogens with two attached hydrogens (primary N) is 4. The van der Waals surface area contributed by atoms with Gasteiger partial charge in [-0.05, 0) is 161 Å². The molecule has 16 amide bonds. The highest BCUT2D eigenvalue weighted by molar-refractivity contribution is 7.89. The standard InChI is InChI=1S/C101H140N24O20S/c1-9-59(6)88(99(141)121-78(48-60-31-33-64(127)34-32-60)94(136)115-73(39-45-126)90(132)107-41-42-112-146(144,145)84-30-17-22-67-68(84)23-16-27-81(67)123(7)8)122-98(140)83-29-19-44-125(83)101(143)75(36-38-86(105)129)113-87(130)55-110-97(139)82-28-18-43-124(82)100(142)74(26-14-15-40-102)116-93(135)77(47-58(4)5)118-91(133)72(35-37-85(104)128)114-92(134)76(46-57(2)3)119-95(137)79(50-62-53-109-71-25-13-11-21-66(62)71)120-96(138)80(51-63-54-106-56-111-63)117-89(131)69(103)49-61-52-108-70-24-12-10-20-65(61)70/h10-13,16-17,20-25,27,30-34,52-54,56-59,69,72-80,82-83,88,108-109,112,126-127H,9,14-15,18-19,26,28-29,35-51,55,102-103H2,1-8H3,(H2,104,128)(H2,105,129)(H,106,111)(H,107,132)(H,110,139)(H,113,130)(H,114,134)(H,115,136)(H,116,135)(H,117,131)(H,118,133)(H,119,137)(H,120,138)(H,121,141)(H,122,140)/t59-,69-,72-,73?,74-,75-,76-,77-,78-,79-,80-,82-,83-,88-/m0/s1. The van der Waals surface area contributed by atoms with Crippen molar-refractivity contribution in [2.45, 2.75) is 247 Å². The molecule has 5 aromatic carbocycles. The van der Waals surface area contributed by atoms with E-state index in [1.165, 1.54) is 46.5 Å². The molecule has 0 bridgehead atoms. The van der Waals surface area contributed by atoms with Crippen molar-refractivity contribution in [3.05, 3.63) is 156 Å². The van der Waals surface area contributed by atoms with Crippen molar-refractivity contribution < 1.29 is 95.3 Å². The second-order valence-corrected chi connectivity index (χ2v) is 40.0. The van der Waals surface area contributed by atoms with E-state index >= 15 is 9.59 Å². The lowest BCUT2D eigenvalue weighted by atomic mass is 9.96. The number of aromatic amines is 3. The number of imidazole rings is 1. The van der Waals surface area contributed by atoms with Crippen LogP contribution >= 0.6 is 0 Å². The van der Waals surface area contributed by atoms with Gasteiger partial charge in [0.2, 0.25) is 105 Å². The summed E-state index contributed by atoms with van der Waals surface area (Å²) in [6.45, 7) is 8.71. The van der Waals surface area contributed by atoms with E-state index < -0.39 is 221 Å². The summed E-state index contributed by atoms with van der Waals surface area (Å²) in [6.07, 6.45) is 5.45. The molecule has 2 aliphatic rings. The number of aliphatic hydroxyl groups excluding tert-OH is 1. The normalized spacial score (nSPS) is 16.1. The van der Waals surface area contributed by atoms with Gasteiger partial charge < -0.3 is 127 Å². The Morgan fingerprint density at radius 1 is 0.493 bits per heavy atom. The fourth-order valence-electron chi connectivity index (χ4n) is 18.0. The number of para-hydroxylation sites is 2. The number of benzene rings is 5. The predicted octanol–water partition coefficient (Wildman–Crippen LogP) is 0.117. The first-order valence-electron chi connectivity index (χ1n) is 49.5. The fourth-order valence-corrected chi connectivity index (χ4v) is 19.3. The number of carbonyl (C=O) groups is 16. The molecule has 5 heterocycles. The van der Waals surface area contributed by atoms with Gasteiger partial charge in [0.05, 0.1) is 29.5 Å². The molecule has 8 aromatic rings. The average Bonchev–Trinajstić information content (AvgIpc) is 1.20. The average molecular weight is 2040 g/mol. The number of aromatic nitrogens is 4. The zero-order chi connectivity index (χ0) is 106. The first-order chi connectivity index (χ1) is 69.6. The third-order valence-electron chi connectivity index (χ3n) is 26.0. The largest absolute Gasteiger partial charge is 0.508 e. The fraction of sp³-hybridized carbons (Fsp3) is 0.495. The molecule has 1 unspecified atom stereocenters. The Hall–Kier alpha value is -14.4. The van der Waals surface area contributed by atoms with E-state index in [0.29, 0.717) is 44.9 Å². The van der Waals surface area contributed by atoms with E-state index in [4.69, 9.17) is 22.9 Å². The Bertz CT molecular complexity index is 6010. The number of nitrogens with one attached hydrogen (secondary N) is 16. The van der Waals surface area contributed by atoms with Gasteiger partial charge >= 0.3 is 0 Å². The first kappa shape index (κ1) is 114. The lowest BCUT2D eigenvalue weighted by Gasteiger charge is -2.32. The summed E-state index contributed by atoms with van der Waals surface area (Å²) in [5.74, 6) is -14.8. The summed E-state index contributed by atoms with van der Waals surface area (Å²) < 4.78 is 29.9. The Morgan fingerprint density at radius 2 is 0.979 bits per heavy atom. The van der Waals surface area contributed by atoms with Crippen LogP contribution in [0.4, 0.5) is 5.69 Å². The number of phenolic OH excluding ortho intramolecular Hbond substituents is 1. The number of unbranched alkanes of at least 4 members (excludes halogenated alkanes) is 1. The van der Waals surface area contributed by atoms with Gasteiger partial charge in [0.25, 0.3) is 0 Å². The molecule has 10 rings (SSSR count). The number of likely N-dealkylation sites (tertiary alicyclic amines) is 2. The van der Waals surface area contributed by atoms with Gasteiger partial charge in [-0.3, -0.25) is 76.7 Å². The minimum absolute atomic E-state index is 0.00502. The van der Waals surface area contributed by atoms with Crippen LogP contribution in [-0.2, 0) is 112 Å². The smallest absolute Gasteiger partial charge is 0.245 e. The lowest BCUT2D eigenvalue weighted by molar-refractivity contribution is -0.143. The number of phenols is 1. The Balaban J connectivity index is 0.769. The molecule has 0 radical (unpaired) electrons. The van der Waals surface area contributed by atoms with Crippen LogP contribution in [0.3, 0.4) is 0 Å². The van der Waals surface area contributed by atoms with Crippen LogP contribution in [0.15, 0.2) is 139 Å². The molecular formula is C101H140N24O20S. The summed E-state index contributed by atoms with van der Waals surface area (Å²) >= 11 is 0. The molecule has 146 heavy (non-hydrogen) atoms. The molecule has 2 aliphatic heterocycles. The maximum Gasteiger partial charge on any atom is 0.245 e. The van der Waals surface area contributed by atoms with E-state index in [0.717, 1.165) is 22.2 Å². The van der Waals surface area contributed by atoms with Crippen LogP contribution in [0.2, 0.25) is 0 Å². The van der Waals surface area contributed by atoms with Crippen LogP contribution in [0, 0.1) is 17.8 Å². The SMILES string of the molecule is CC[C@H](C)[C@H](NC(=O)[C@@H]1CCCN1C(=O)[C@H](CCC(N)=O)NC(=O)CNC(=O)[C@@H]1CCCN1C(=O)[C@H](CCCCN)NC(=O)[C@H](CC(C)C)NC(=O)[C@H](CCC(N)=O)NC(=O)[C@H](CC(C)C)NC(=O)[C@H](Cc1c[nH]c2ccccc12)NC(=O)[C@H](Cc1c[nH]cn1)NC(=O)[C@@H](N)Cc1c[nH]c2ccccc12)C(=O)N[C@@H](Cc1ccc(O)cc1)C(=O)NC(CCO)C(=O)NCCNS(=O)(=O)c1cccc2c(N(C)C)cccc12. The summed E-state index contributed by atoms with van der Waals surface area (Å²) in [7, 11) is -0.472. The number of rotatable bonds is 57. The van der Waals surface area contributed by atoms with E-state index in [1.54, 1.807) is 90.5 Å². The molecule has 0 saturated carbocycles. The highest BCUT2D eigenvalue weighted by Gasteiger charge is 2.44. The molecule has 0 spiro atoms. The van der Waals surface area contributed by atoms with Crippen molar-refractivity contribution >= 4 is 143 Å². The minimum atomic E-state index is -4.13. The number of primary amides is 2. The second kappa shape index (κ2) is 54.5. The number of aromatic hydroxyl groups is 1. The molecule has 45 heteroatoms. The minimum Gasteiger partial charge on any atom is -0.508 e. The number of nitrogens with zero attached hydrogens (tertiary/aromatic N) is 4.